The van der Waals surface area contributed by atoms with Gasteiger partial charge in [-0.2, -0.15) is 0 Å². The van der Waals surface area contributed by atoms with Crippen LogP contribution in [0.2, 0.25) is 0 Å². The van der Waals surface area contributed by atoms with Crippen LogP contribution in [-0.2, 0) is 31.4 Å². The van der Waals surface area contributed by atoms with Crippen LogP contribution in [0.5, 0.6) is 5.75 Å². The first-order chi connectivity index (χ1) is 13.3. The first-order valence-electron chi connectivity index (χ1n) is 9.58. The minimum atomic E-state index is -0.864. The predicted molar refractivity (Wildman–Crippen MR) is 95.4 cm³/mol. The van der Waals surface area contributed by atoms with Crippen LogP contribution in [0.1, 0.15) is 54.6 Å². The van der Waals surface area contributed by atoms with Gasteiger partial charge in [0.15, 0.2) is 0 Å². The summed E-state index contributed by atoms with van der Waals surface area (Å²) >= 11 is 0. The van der Waals surface area contributed by atoms with Gasteiger partial charge in [0, 0.05) is 24.0 Å². The Kier molecular flexibility index (Phi) is 3.64. The summed E-state index contributed by atoms with van der Waals surface area (Å²) in [5, 5.41) is 2.33. The number of hydrogen-bond acceptors (Lipinski definition) is 6. The highest BCUT2D eigenvalue weighted by Crippen LogP contribution is 2.51. The van der Waals surface area contributed by atoms with E-state index in [-0.39, 0.29) is 24.8 Å². The molecule has 1 spiro atoms. The molecule has 1 aromatic carbocycles. The molecule has 1 N–H and O–H groups in total. The number of benzene rings is 1. The number of fused-ring (bicyclic) bond motifs is 4. The van der Waals surface area contributed by atoms with E-state index in [4.69, 9.17) is 14.2 Å². The van der Waals surface area contributed by atoms with E-state index in [0.29, 0.717) is 37.4 Å². The van der Waals surface area contributed by atoms with Crippen molar-refractivity contribution >= 4 is 17.7 Å². The van der Waals surface area contributed by atoms with E-state index in [1.807, 2.05) is 19.9 Å². The Bertz CT molecular complexity index is 902. The summed E-state index contributed by atoms with van der Waals surface area (Å²) in [6.45, 7) is 5.21. The third-order valence-corrected chi connectivity index (χ3v) is 5.87. The minimum Gasteiger partial charge on any atom is -0.487 e. The first-order valence-corrected chi connectivity index (χ1v) is 9.58. The molecule has 28 heavy (non-hydrogen) atoms. The largest absolute Gasteiger partial charge is 0.487 e. The predicted octanol–water partition coefficient (Wildman–Crippen LogP) is 1.21. The fourth-order valence-electron chi connectivity index (χ4n) is 4.71. The zero-order valence-electron chi connectivity index (χ0n) is 15.9. The lowest BCUT2D eigenvalue weighted by molar-refractivity contribution is -0.207. The quantitative estimate of drug-likeness (QED) is 0.729. The van der Waals surface area contributed by atoms with Crippen LogP contribution in [0.15, 0.2) is 12.1 Å². The van der Waals surface area contributed by atoms with Gasteiger partial charge in [-0.1, -0.05) is 0 Å². The van der Waals surface area contributed by atoms with Crippen molar-refractivity contribution in [3.8, 4) is 5.75 Å². The normalized spacial score (nSPS) is 27.4. The van der Waals surface area contributed by atoms with Crippen molar-refractivity contribution in [2.45, 2.75) is 57.1 Å². The van der Waals surface area contributed by atoms with Crippen LogP contribution < -0.4 is 10.1 Å². The number of imide groups is 1. The molecule has 8 nitrogen and oxygen atoms in total. The van der Waals surface area contributed by atoms with Crippen LogP contribution in [0.25, 0.3) is 0 Å². The van der Waals surface area contributed by atoms with Gasteiger partial charge in [0.2, 0.25) is 17.6 Å². The van der Waals surface area contributed by atoms with Gasteiger partial charge in [0.25, 0.3) is 5.91 Å². The molecule has 4 heterocycles. The summed E-state index contributed by atoms with van der Waals surface area (Å²) in [4.78, 5) is 38.3. The van der Waals surface area contributed by atoms with Gasteiger partial charge in [-0.15, -0.1) is 0 Å². The molecule has 5 rings (SSSR count). The standard InChI is InChI=1S/C20H22N2O6/c1-19(2)10-20(26-7-8-27-20)13-4-3-11-12(16(13)28-19)9-22(18(11)25)14-5-6-15(23)21-17(14)24/h3-4,14H,5-10H2,1-2H3,(H,21,23,24). The molecular weight excluding hydrogens is 364 g/mol. The van der Waals surface area contributed by atoms with E-state index in [0.717, 1.165) is 11.1 Å². The first kappa shape index (κ1) is 17.6. The summed E-state index contributed by atoms with van der Waals surface area (Å²) in [5.74, 6) is -1.20. The molecule has 1 unspecified atom stereocenters. The van der Waals surface area contributed by atoms with E-state index in [1.165, 1.54) is 4.90 Å². The Labute approximate surface area is 162 Å². The third-order valence-electron chi connectivity index (χ3n) is 5.87. The summed E-state index contributed by atoms with van der Waals surface area (Å²) in [6.07, 6.45) is 1.11. The van der Waals surface area contributed by atoms with Crippen LogP contribution in [0.4, 0.5) is 0 Å². The second-order valence-corrected chi connectivity index (χ2v) is 8.36. The van der Waals surface area contributed by atoms with Gasteiger partial charge in [-0.3, -0.25) is 19.7 Å². The molecule has 2 fully saturated rings. The van der Waals surface area contributed by atoms with Crippen molar-refractivity contribution in [3.63, 3.8) is 0 Å². The van der Waals surface area contributed by atoms with Crippen LogP contribution in [-0.4, -0.2) is 47.5 Å². The van der Waals surface area contributed by atoms with Gasteiger partial charge in [0.05, 0.1) is 25.3 Å². The Balaban J connectivity index is 1.55. The van der Waals surface area contributed by atoms with Crippen molar-refractivity contribution in [2.24, 2.45) is 0 Å². The SMILES string of the molecule is CC1(C)CC2(OCCO2)c2ccc3c(c2O1)CN(C1CCC(=O)NC1=O)C3=O. The van der Waals surface area contributed by atoms with E-state index in [1.54, 1.807) is 6.07 Å². The van der Waals surface area contributed by atoms with Crippen molar-refractivity contribution in [1.29, 1.82) is 0 Å². The highest BCUT2D eigenvalue weighted by Gasteiger charge is 2.52. The summed E-state index contributed by atoms with van der Waals surface area (Å²) in [7, 11) is 0. The topological polar surface area (TPSA) is 94.2 Å². The highest BCUT2D eigenvalue weighted by atomic mass is 16.7. The highest BCUT2D eigenvalue weighted by molar-refractivity contribution is 6.05. The van der Waals surface area contributed by atoms with Gasteiger partial charge in [-0.05, 0) is 32.4 Å². The molecule has 4 aliphatic rings. The van der Waals surface area contributed by atoms with E-state index < -0.39 is 23.3 Å². The Hall–Kier alpha value is -2.45. The maximum absolute atomic E-state index is 13.0. The Morgan fingerprint density at radius 2 is 1.89 bits per heavy atom. The number of nitrogens with zero attached hydrogens (tertiary/aromatic N) is 1. The zero-order chi connectivity index (χ0) is 19.7. The van der Waals surface area contributed by atoms with Crippen LogP contribution in [0, 0.1) is 0 Å². The molecule has 1 atom stereocenters. The number of nitrogens with one attached hydrogen (secondary N) is 1. The van der Waals surface area contributed by atoms with E-state index in [9.17, 15) is 14.4 Å². The Morgan fingerprint density at radius 3 is 2.61 bits per heavy atom. The summed E-state index contributed by atoms with van der Waals surface area (Å²) in [5.41, 5.74) is 1.53. The molecule has 0 aliphatic carbocycles. The molecule has 0 saturated carbocycles. The number of carbonyl (C=O) groups is 3. The number of carbonyl (C=O) groups excluding carboxylic acids is 3. The maximum Gasteiger partial charge on any atom is 0.255 e. The van der Waals surface area contributed by atoms with Gasteiger partial charge < -0.3 is 19.1 Å². The fourth-order valence-corrected chi connectivity index (χ4v) is 4.71. The van der Waals surface area contributed by atoms with Crippen molar-refractivity contribution in [2.75, 3.05) is 13.2 Å². The average Bonchev–Trinajstić information content (AvgIpc) is 3.20. The number of hydrogen-bond donors (Lipinski definition) is 1. The van der Waals surface area contributed by atoms with E-state index in [2.05, 4.69) is 5.32 Å². The van der Waals surface area contributed by atoms with Gasteiger partial charge in [0.1, 0.15) is 17.4 Å². The van der Waals surface area contributed by atoms with Crippen molar-refractivity contribution in [3.05, 3.63) is 28.8 Å². The summed E-state index contributed by atoms with van der Waals surface area (Å²) < 4.78 is 18.3. The molecule has 0 radical (unpaired) electrons. The van der Waals surface area contributed by atoms with E-state index >= 15 is 0 Å². The maximum atomic E-state index is 13.0. The lowest BCUT2D eigenvalue weighted by Gasteiger charge is -2.43. The number of amides is 3. The van der Waals surface area contributed by atoms with Gasteiger partial charge in [-0.25, -0.2) is 0 Å². The molecule has 2 saturated heterocycles. The average molecular weight is 386 g/mol. The molecule has 1 aromatic rings. The smallest absolute Gasteiger partial charge is 0.255 e. The Morgan fingerprint density at radius 1 is 1.14 bits per heavy atom. The second kappa shape index (κ2) is 5.78. The fraction of sp³-hybridized carbons (Fsp3) is 0.550. The second-order valence-electron chi connectivity index (χ2n) is 8.36. The lowest BCUT2D eigenvalue weighted by Crippen LogP contribution is -2.52. The number of rotatable bonds is 1. The number of ether oxygens (including phenoxy) is 3. The molecule has 8 heteroatoms. The third kappa shape index (κ3) is 2.48. The van der Waals surface area contributed by atoms with Gasteiger partial charge >= 0.3 is 0 Å². The van der Waals surface area contributed by atoms with Crippen LogP contribution in [0.3, 0.4) is 0 Å². The zero-order valence-corrected chi connectivity index (χ0v) is 15.9. The summed E-state index contributed by atoms with van der Waals surface area (Å²) in [6, 6.07) is 2.94. The molecular formula is C20H22N2O6. The van der Waals surface area contributed by atoms with Crippen molar-refractivity contribution < 1.29 is 28.6 Å². The molecule has 148 valence electrons. The molecule has 0 bridgehead atoms. The molecule has 4 aliphatic heterocycles. The number of piperidine rings is 1. The molecule has 0 aromatic heterocycles. The van der Waals surface area contributed by atoms with Crippen LogP contribution >= 0.6 is 0 Å². The van der Waals surface area contributed by atoms with Crippen molar-refractivity contribution in [1.82, 2.24) is 10.2 Å². The monoisotopic (exact) mass is 386 g/mol. The minimum absolute atomic E-state index is 0.221. The molecule has 3 amide bonds. The lowest BCUT2D eigenvalue weighted by atomic mass is 9.86.